The Hall–Kier alpha value is -3.48. The first-order valence-corrected chi connectivity index (χ1v) is 8.28. The van der Waals surface area contributed by atoms with Crippen LogP contribution in [0.2, 0.25) is 0 Å². The monoisotopic (exact) mass is 346 g/mol. The fourth-order valence-corrected chi connectivity index (χ4v) is 2.85. The van der Waals surface area contributed by atoms with Gasteiger partial charge in [0.15, 0.2) is 5.65 Å². The van der Waals surface area contributed by atoms with Crippen molar-refractivity contribution in [1.82, 2.24) is 24.1 Å². The summed E-state index contributed by atoms with van der Waals surface area (Å²) in [7, 11) is 0. The van der Waals surface area contributed by atoms with E-state index in [1.54, 1.807) is 27.8 Å². The lowest BCUT2D eigenvalue weighted by atomic mass is 10.00. The van der Waals surface area contributed by atoms with E-state index in [9.17, 15) is 4.79 Å². The molecule has 26 heavy (non-hydrogen) atoms. The SMILES string of the molecule is Cc1ccc(C)c(-c2ccc3nc(NC(=O)Cn4ccnc4)nn3c2)c1. The third kappa shape index (κ3) is 3.19. The third-order valence-corrected chi connectivity index (χ3v) is 4.17. The Morgan fingerprint density at radius 2 is 2.08 bits per heavy atom. The number of benzene rings is 1. The topological polar surface area (TPSA) is 77.1 Å². The Bertz CT molecular complexity index is 1080. The summed E-state index contributed by atoms with van der Waals surface area (Å²) >= 11 is 0. The van der Waals surface area contributed by atoms with Gasteiger partial charge in [0.1, 0.15) is 6.54 Å². The first kappa shape index (κ1) is 16.0. The number of anilines is 1. The maximum absolute atomic E-state index is 12.1. The van der Waals surface area contributed by atoms with Gasteiger partial charge in [-0.3, -0.25) is 10.1 Å². The second-order valence-electron chi connectivity index (χ2n) is 6.26. The summed E-state index contributed by atoms with van der Waals surface area (Å²) in [4.78, 5) is 20.3. The number of carbonyl (C=O) groups is 1. The highest BCUT2D eigenvalue weighted by molar-refractivity contribution is 5.89. The number of imidazole rings is 1. The molecule has 3 heterocycles. The maximum Gasteiger partial charge on any atom is 0.249 e. The van der Waals surface area contributed by atoms with Crippen LogP contribution in [0.1, 0.15) is 11.1 Å². The summed E-state index contributed by atoms with van der Waals surface area (Å²) in [5.41, 5.74) is 5.30. The normalized spacial score (nSPS) is 11.0. The Labute approximate surface area is 150 Å². The zero-order valence-electron chi connectivity index (χ0n) is 14.5. The summed E-state index contributed by atoms with van der Waals surface area (Å²) in [6, 6.07) is 10.3. The maximum atomic E-state index is 12.1. The molecular weight excluding hydrogens is 328 g/mol. The quantitative estimate of drug-likeness (QED) is 0.616. The van der Waals surface area contributed by atoms with E-state index in [-0.39, 0.29) is 18.4 Å². The lowest BCUT2D eigenvalue weighted by molar-refractivity contribution is -0.116. The fraction of sp³-hybridized carbons (Fsp3) is 0.158. The van der Waals surface area contributed by atoms with E-state index in [0.29, 0.717) is 5.65 Å². The van der Waals surface area contributed by atoms with Gasteiger partial charge in [-0.25, -0.2) is 9.50 Å². The number of amides is 1. The van der Waals surface area contributed by atoms with Crippen LogP contribution in [0.3, 0.4) is 0 Å². The predicted molar refractivity (Wildman–Crippen MR) is 98.8 cm³/mol. The number of carbonyl (C=O) groups excluding carboxylic acids is 1. The number of nitrogens with zero attached hydrogens (tertiary/aromatic N) is 5. The van der Waals surface area contributed by atoms with Gasteiger partial charge < -0.3 is 4.57 Å². The van der Waals surface area contributed by atoms with Gasteiger partial charge in [0.05, 0.1) is 6.33 Å². The van der Waals surface area contributed by atoms with E-state index in [1.807, 2.05) is 18.3 Å². The number of fused-ring (bicyclic) bond motifs is 1. The largest absolute Gasteiger partial charge is 0.328 e. The van der Waals surface area contributed by atoms with E-state index < -0.39 is 0 Å². The van der Waals surface area contributed by atoms with Crippen molar-refractivity contribution in [2.24, 2.45) is 0 Å². The molecule has 0 unspecified atom stereocenters. The average molecular weight is 346 g/mol. The Morgan fingerprint density at radius 3 is 2.88 bits per heavy atom. The highest BCUT2D eigenvalue weighted by atomic mass is 16.2. The lowest BCUT2D eigenvalue weighted by Gasteiger charge is -2.07. The van der Waals surface area contributed by atoms with Gasteiger partial charge in [-0.15, -0.1) is 5.10 Å². The minimum Gasteiger partial charge on any atom is -0.328 e. The molecule has 0 atom stereocenters. The Kier molecular flexibility index (Phi) is 3.96. The smallest absolute Gasteiger partial charge is 0.249 e. The molecule has 0 bridgehead atoms. The molecular formula is C19H18N6O. The van der Waals surface area contributed by atoms with Crippen LogP contribution in [0.25, 0.3) is 16.8 Å². The molecule has 4 rings (SSSR count). The van der Waals surface area contributed by atoms with Crippen molar-refractivity contribution in [2.45, 2.75) is 20.4 Å². The standard InChI is InChI=1S/C19H18N6O/c1-13-3-4-14(2)16(9-13)15-5-6-17-21-19(23-25(17)10-15)22-18(26)11-24-8-7-20-12-24/h3-10,12H,11H2,1-2H3,(H,22,23,26). The zero-order chi connectivity index (χ0) is 18.1. The second kappa shape index (κ2) is 6.44. The third-order valence-electron chi connectivity index (χ3n) is 4.17. The average Bonchev–Trinajstić information content (AvgIpc) is 3.25. The van der Waals surface area contributed by atoms with E-state index in [4.69, 9.17) is 0 Å². The van der Waals surface area contributed by atoms with E-state index in [0.717, 1.165) is 11.1 Å². The molecule has 7 nitrogen and oxygen atoms in total. The Morgan fingerprint density at radius 1 is 1.19 bits per heavy atom. The molecule has 0 aliphatic carbocycles. The molecule has 130 valence electrons. The first-order valence-electron chi connectivity index (χ1n) is 8.28. The highest BCUT2D eigenvalue weighted by Crippen LogP contribution is 2.25. The van der Waals surface area contributed by atoms with Crippen molar-refractivity contribution >= 4 is 17.5 Å². The van der Waals surface area contributed by atoms with Crippen molar-refractivity contribution in [3.05, 3.63) is 66.4 Å². The summed E-state index contributed by atoms with van der Waals surface area (Å²) in [5.74, 6) is 0.0851. The number of hydrogen-bond donors (Lipinski definition) is 1. The van der Waals surface area contributed by atoms with Crippen LogP contribution < -0.4 is 5.32 Å². The van der Waals surface area contributed by atoms with Crippen molar-refractivity contribution in [2.75, 3.05) is 5.32 Å². The Balaban J connectivity index is 1.59. The zero-order valence-corrected chi connectivity index (χ0v) is 14.5. The fourth-order valence-electron chi connectivity index (χ4n) is 2.85. The van der Waals surface area contributed by atoms with Crippen LogP contribution in [-0.2, 0) is 11.3 Å². The number of aryl methyl sites for hydroxylation is 2. The van der Waals surface area contributed by atoms with Gasteiger partial charge >= 0.3 is 0 Å². The molecule has 3 aromatic heterocycles. The first-order chi connectivity index (χ1) is 12.6. The number of rotatable bonds is 4. The van der Waals surface area contributed by atoms with Gasteiger partial charge in [-0.2, -0.15) is 4.98 Å². The van der Waals surface area contributed by atoms with Gasteiger partial charge in [-0.05, 0) is 37.1 Å². The molecule has 1 N–H and O–H groups in total. The second-order valence-corrected chi connectivity index (χ2v) is 6.26. The molecule has 1 amide bonds. The molecule has 0 radical (unpaired) electrons. The van der Waals surface area contributed by atoms with Gasteiger partial charge in [-0.1, -0.05) is 23.8 Å². The molecule has 0 aliphatic rings. The minimum absolute atomic E-state index is 0.170. The number of aromatic nitrogens is 5. The summed E-state index contributed by atoms with van der Waals surface area (Å²) in [6.45, 7) is 4.33. The van der Waals surface area contributed by atoms with Crippen LogP contribution >= 0.6 is 0 Å². The van der Waals surface area contributed by atoms with Gasteiger partial charge in [0, 0.05) is 24.2 Å². The lowest BCUT2D eigenvalue weighted by Crippen LogP contribution is -2.18. The van der Waals surface area contributed by atoms with Crippen LogP contribution in [-0.4, -0.2) is 30.1 Å². The van der Waals surface area contributed by atoms with Crippen molar-refractivity contribution in [3.8, 4) is 11.1 Å². The predicted octanol–water partition coefficient (Wildman–Crippen LogP) is 2.85. The van der Waals surface area contributed by atoms with Crippen LogP contribution in [0.15, 0.2) is 55.2 Å². The van der Waals surface area contributed by atoms with Gasteiger partial charge in [0.25, 0.3) is 0 Å². The van der Waals surface area contributed by atoms with Crippen LogP contribution in [0.5, 0.6) is 0 Å². The van der Waals surface area contributed by atoms with E-state index >= 15 is 0 Å². The van der Waals surface area contributed by atoms with Crippen LogP contribution in [0.4, 0.5) is 5.95 Å². The minimum atomic E-state index is -0.200. The molecule has 1 aromatic carbocycles. The number of pyridine rings is 1. The van der Waals surface area contributed by atoms with E-state index in [2.05, 4.69) is 52.4 Å². The molecule has 0 saturated carbocycles. The molecule has 0 spiro atoms. The molecule has 0 saturated heterocycles. The summed E-state index contributed by atoms with van der Waals surface area (Å²) < 4.78 is 3.37. The number of nitrogens with one attached hydrogen (secondary N) is 1. The van der Waals surface area contributed by atoms with Crippen molar-refractivity contribution < 1.29 is 4.79 Å². The van der Waals surface area contributed by atoms with Crippen molar-refractivity contribution in [1.29, 1.82) is 0 Å². The molecule has 0 aliphatic heterocycles. The molecule has 4 aromatic rings. The van der Waals surface area contributed by atoms with Gasteiger partial charge in [0.2, 0.25) is 11.9 Å². The summed E-state index contributed by atoms with van der Waals surface area (Å²) in [6.07, 6.45) is 6.88. The molecule has 7 heteroatoms. The molecule has 0 fully saturated rings. The van der Waals surface area contributed by atoms with Crippen molar-refractivity contribution in [3.63, 3.8) is 0 Å². The highest BCUT2D eigenvalue weighted by Gasteiger charge is 2.10. The summed E-state index contributed by atoms with van der Waals surface area (Å²) in [5, 5.41) is 7.09. The van der Waals surface area contributed by atoms with E-state index in [1.165, 1.54) is 11.1 Å². The number of hydrogen-bond acceptors (Lipinski definition) is 4. The van der Waals surface area contributed by atoms with Crippen LogP contribution in [0, 0.1) is 13.8 Å².